The van der Waals surface area contributed by atoms with Gasteiger partial charge < -0.3 is 0 Å². The fraction of sp³-hybridized carbons (Fsp3) is 0.143. The van der Waals surface area contributed by atoms with E-state index < -0.39 is 3.79 Å². The molecule has 12 heavy (non-hydrogen) atoms. The molecule has 0 aliphatic rings. The number of alkyl halides is 3. The summed E-state index contributed by atoms with van der Waals surface area (Å²) in [6.45, 7) is 0. The van der Waals surface area contributed by atoms with Crippen LogP contribution in [0.25, 0.3) is 0 Å². The second-order valence-electron chi connectivity index (χ2n) is 2.01. The van der Waals surface area contributed by atoms with Gasteiger partial charge in [-0.3, -0.25) is 0 Å². The van der Waals surface area contributed by atoms with Gasteiger partial charge in [-0.2, -0.15) is 0 Å². The van der Waals surface area contributed by atoms with Gasteiger partial charge in [0.25, 0.3) is 0 Å². The van der Waals surface area contributed by atoms with E-state index >= 15 is 0 Å². The van der Waals surface area contributed by atoms with Gasteiger partial charge in [0.2, 0.25) is 3.79 Å². The average molecular weight is 252 g/mol. The van der Waals surface area contributed by atoms with Crippen LogP contribution in [0.15, 0.2) is 29.2 Å². The van der Waals surface area contributed by atoms with Gasteiger partial charge in [-0.15, -0.1) is 12.6 Å². The van der Waals surface area contributed by atoms with E-state index in [1.807, 2.05) is 6.07 Å². The van der Waals surface area contributed by atoms with Crippen molar-refractivity contribution < 1.29 is 0 Å². The van der Waals surface area contributed by atoms with Crippen molar-refractivity contribution >= 4 is 77.0 Å². The number of benzene rings is 1. The molecular weight excluding hydrogens is 245 g/mol. The van der Waals surface area contributed by atoms with Crippen LogP contribution in [-0.2, 0) is 3.79 Å². The molecule has 62 valence electrons. The normalized spacial score (nSPS) is 10.7. The zero-order chi connectivity index (χ0) is 8.48. The molecule has 0 aliphatic heterocycles. The van der Waals surface area contributed by atoms with Crippen molar-refractivity contribution in [2.24, 2.45) is 0 Å². The molecule has 0 heterocycles. The van der Waals surface area contributed by atoms with Crippen LogP contribution >= 0.6 is 47.4 Å². The van der Waals surface area contributed by atoms with Crippen molar-refractivity contribution in [3.05, 3.63) is 29.8 Å². The van der Waals surface area contributed by atoms with Crippen molar-refractivity contribution in [2.45, 2.75) is 8.69 Å². The summed E-state index contributed by atoms with van der Waals surface area (Å²) in [5, 5.41) is 0. The molecule has 0 spiro atoms. The maximum atomic E-state index is 5.65. The molecule has 0 bridgehead atoms. The van der Waals surface area contributed by atoms with E-state index in [1.165, 1.54) is 0 Å². The second kappa shape index (κ2) is 5.35. The summed E-state index contributed by atoms with van der Waals surface area (Å²) in [6, 6.07) is 7.15. The Morgan fingerprint density at radius 3 is 1.92 bits per heavy atom. The standard InChI is InChI=1S/C7H5Cl3S.Na.H/c8-7(9,10)5-3-1-2-4-6(5)11;;/h1-4,11H;;. The molecule has 5 heteroatoms. The molecule has 0 unspecified atom stereocenters. The molecule has 0 radical (unpaired) electrons. The molecule has 1 aromatic carbocycles. The maximum absolute atomic E-state index is 5.65. The Hall–Kier alpha value is 1.44. The predicted octanol–water partition coefficient (Wildman–Crippen LogP) is 3.15. The van der Waals surface area contributed by atoms with Crippen LogP contribution in [0.1, 0.15) is 5.56 Å². The Balaban J connectivity index is 0.00000121. The van der Waals surface area contributed by atoms with Crippen molar-refractivity contribution in [1.29, 1.82) is 0 Å². The first-order chi connectivity index (χ1) is 5.02. The van der Waals surface area contributed by atoms with E-state index in [0.29, 0.717) is 10.5 Å². The molecule has 0 N–H and O–H groups in total. The first kappa shape index (κ1) is 13.4. The average Bonchev–Trinajstić information content (AvgIpc) is 1.86. The van der Waals surface area contributed by atoms with E-state index in [1.54, 1.807) is 18.2 Å². The van der Waals surface area contributed by atoms with Gasteiger partial charge in [0.05, 0.1) is 0 Å². The van der Waals surface area contributed by atoms with Crippen LogP contribution in [-0.4, -0.2) is 29.6 Å². The van der Waals surface area contributed by atoms with E-state index in [0.717, 1.165) is 0 Å². The van der Waals surface area contributed by atoms with Gasteiger partial charge in [-0.1, -0.05) is 53.0 Å². The summed E-state index contributed by atoms with van der Waals surface area (Å²) in [5.74, 6) is 0. The summed E-state index contributed by atoms with van der Waals surface area (Å²) in [4.78, 5) is 0.688. The summed E-state index contributed by atoms with van der Waals surface area (Å²) >= 11 is 21.1. The molecule has 0 nitrogen and oxygen atoms in total. The van der Waals surface area contributed by atoms with Crippen LogP contribution in [0.2, 0.25) is 0 Å². The second-order valence-corrected chi connectivity index (χ2v) is 4.78. The Kier molecular flexibility index (Phi) is 6.00. The SMILES string of the molecule is Sc1ccccc1C(Cl)(Cl)Cl.[NaH]. The molecular formula is C7H6Cl3NaS. The third kappa shape index (κ3) is 3.67. The minimum absolute atomic E-state index is 0. The van der Waals surface area contributed by atoms with Crippen molar-refractivity contribution in [2.75, 3.05) is 0 Å². The molecule has 0 fully saturated rings. The topological polar surface area (TPSA) is 0 Å². The van der Waals surface area contributed by atoms with Gasteiger partial charge in [0.15, 0.2) is 0 Å². The first-order valence-electron chi connectivity index (χ1n) is 2.87. The van der Waals surface area contributed by atoms with Crippen molar-refractivity contribution in [3.63, 3.8) is 0 Å². The third-order valence-electron chi connectivity index (χ3n) is 1.21. The van der Waals surface area contributed by atoms with E-state index in [2.05, 4.69) is 12.6 Å². The van der Waals surface area contributed by atoms with E-state index in [4.69, 9.17) is 34.8 Å². The van der Waals surface area contributed by atoms with Gasteiger partial charge in [-0.05, 0) is 6.07 Å². The molecule has 0 saturated carbocycles. The van der Waals surface area contributed by atoms with Crippen molar-refractivity contribution in [3.8, 4) is 0 Å². The zero-order valence-corrected chi connectivity index (χ0v) is 8.55. The first-order valence-corrected chi connectivity index (χ1v) is 4.45. The Morgan fingerprint density at radius 1 is 1.08 bits per heavy atom. The van der Waals surface area contributed by atoms with Crippen molar-refractivity contribution in [1.82, 2.24) is 0 Å². The number of hydrogen-bond acceptors (Lipinski definition) is 1. The monoisotopic (exact) mass is 250 g/mol. The van der Waals surface area contributed by atoms with E-state index in [-0.39, 0.29) is 29.6 Å². The summed E-state index contributed by atoms with van der Waals surface area (Å²) in [6.07, 6.45) is 0. The molecule has 0 saturated heterocycles. The fourth-order valence-corrected chi connectivity index (χ4v) is 1.73. The summed E-state index contributed by atoms with van der Waals surface area (Å²) in [7, 11) is 0. The molecule has 0 aromatic heterocycles. The van der Waals surface area contributed by atoms with Crippen LogP contribution in [0, 0.1) is 0 Å². The Labute approximate surface area is 114 Å². The number of thiol groups is 1. The van der Waals surface area contributed by atoms with E-state index in [9.17, 15) is 0 Å². The number of rotatable bonds is 0. The van der Waals surface area contributed by atoms with Crippen LogP contribution < -0.4 is 0 Å². The Morgan fingerprint density at radius 2 is 1.58 bits per heavy atom. The quantitative estimate of drug-likeness (QED) is 0.409. The van der Waals surface area contributed by atoms with Crippen LogP contribution in [0.3, 0.4) is 0 Å². The Bertz CT molecular complexity index is 259. The predicted molar refractivity (Wildman–Crippen MR) is 60.1 cm³/mol. The molecule has 1 aromatic rings. The minimum atomic E-state index is -1.38. The number of hydrogen-bond donors (Lipinski definition) is 1. The fourth-order valence-electron chi connectivity index (χ4n) is 0.713. The van der Waals surface area contributed by atoms with Gasteiger partial charge >= 0.3 is 29.6 Å². The van der Waals surface area contributed by atoms with Crippen LogP contribution in [0.5, 0.6) is 0 Å². The molecule has 0 aliphatic carbocycles. The number of halogens is 3. The third-order valence-corrected chi connectivity index (χ3v) is 2.21. The molecule has 0 amide bonds. The zero-order valence-electron chi connectivity index (χ0n) is 5.39. The summed E-state index contributed by atoms with van der Waals surface area (Å²) in [5.41, 5.74) is 0.605. The molecule has 0 atom stereocenters. The summed E-state index contributed by atoms with van der Waals surface area (Å²) < 4.78 is -1.38. The van der Waals surface area contributed by atoms with Gasteiger partial charge in [-0.25, -0.2) is 0 Å². The molecule has 1 rings (SSSR count). The van der Waals surface area contributed by atoms with Gasteiger partial charge in [0, 0.05) is 10.5 Å². The van der Waals surface area contributed by atoms with Crippen LogP contribution in [0.4, 0.5) is 0 Å². The van der Waals surface area contributed by atoms with Gasteiger partial charge in [0.1, 0.15) is 0 Å².